The zero-order chi connectivity index (χ0) is 16.9. The molecule has 2 rings (SSSR count). The van der Waals surface area contributed by atoms with Gasteiger partial charge in [-0.3, -0.25) is 4.99 Å². The first kappa shape index (κ1) is 17.7. The Bertz CT molecular complexity index is 758. The summed E-state index contributed by atoms with van der Waals surface area (Å²) >= 11 is 0. The van der Waals surface area contributed by atoms with Crippen molar-refractivity contribution in [1.29, 1.82) is 0 Å². The van der Waals surface area contributed by atoms with E-state index in [0.29, 0.717) is 12.4 Å². The van der Waals surface area contributed by atoms with Gasteiger partial charge in [0.15, 0.2) is 25.6 Å². The van der Waals surface area contributed by atoms with Gasteiger partial charge in [0.2, 0.25) is 0 Å². The van der Waals surface area contributed by atoms with E-state index >= 15 is 0 Å². The molecule has 1 aromatic carbocycles. The van der Waals surface area contributed by atoms with E-state index < -0.39 is 19.7 Å². The lowest BCUT2D eigenvalue weighted by atomic mass is 10.3. The minimum Gasteiger partial charge on any atom is -0.355 e. The summed E-state index contributed by atoms with van der Waals surface area (Å²) in [6.07, 6.45) is 0.533. The number of hydrogen-bond acceptors (Lipinski definition) is 5. The third-order valence-electron chi connectivity index (χ3n) is 3.56. The van der Waals surface area contributed by atoms with E-state index in [0.717, 1.165) is 0 Å². The molecule has 0 saturated carbocycles. The van der Waals surface area contributed by atoms with Crippen LogP contribution in [0.3, 0.4) is 0 Å². The Morgan fingerprint density at radius 3 is 2.57 bits per heavy atom. The molecule has 0 radical (unpaired) electrons. The number of nitrogens with zero attached hydrogens (tertiary/aromatic N) is 1. The van der Waals surface area contributed by atoms with Crippen molar-refractivity contribution in [2.24, 2.45) is 4.99 Å². The Balaban J connectivity index is 1.85. The molecule has 1 aliphatic heterocycles. The maximum Gasteiger partial charge on any atom is 0.191 e. The number of sulfone groups is 2. The number of nitrogens with one attached hydrogen (secondary N) is 2. The zero-order valence-electron chi connectivity index (χ0n) is 12.9. The van der Waals surface area contributed by atoms with Crippen molar-refractivity contribution >= 4 is 25.6 Å². The van der Waals surface area contributed by atoms with Gasteiger partial charge in [-0.1, -0.05) is 18.2 Å². The van der Waals surface area contributed by atoms with Crippen LogP contribution in [0.4, 0.5) is 0 Å². The van der Waals surface area contributed by atoms with Gasteiger partial charge < -0.3 is 10.6 Å². The maximum atomic E-state index is 12.2. The largest absolute Gasteiger partial charge is 0.355 e. The number of guanidine groups is 1. The second-order valence-electron chi connectivity index (χ2n) is 5.38. The third kappa shape index (κ3) is 5.21. The number of benzene rings is 1. The summed E-state index contributed by atoms with van der Waals surface area (Å²) in [6, 6.07) is 8.07. The molecule has 1 aromatic rings. The van der Waals surface area contributed by atoms with Crippen molar-refractivity contribution in [3.05, 3.63) is 30.3 Å². The van der Waals surface area contributed by atoms with Crippen LogP contribution in [0.1, 0.15) is 6.42 Å². The van der Waals surface area contributed by atoms with Crippen LogP contribution < -0.4 is 10.6 Å². The van der Waals surface area contributed by atoms with Crippen LogP contribution >= 0.6 is 0 Å². The summed E-state index contributed by atoms with van der Waals surface area (Å²) < 4.78 is 47.2. The smallest absolute Gasteiger partial charge is 0.191 e. The highest BCUT2D eigenvalue weighted by Crippen LogP contribution is 2.11. The molecule has 0 amide bonds. The van der Waals surface area contributed by atoms with E-state index in [-0.39, 0.29) is 34.7 Å². The topological polar surface area (TPSA) is 105 Å². The summed E-state index contributed by atoms with van der Waals surface area (Å²) in [5, 5.41) is 5.93. The normalized spacial score (nSPS) is 21.1. The van der Waals surface area contributed by atoms with Gasteiger partial charge in [-0.15, -0.1) is 0 Å². The van der Waals surface area contributed by atoms with Crippen molar-refractivity contribution in [3.63, 3.8) is 0 Å². The van der Waals surface area contributed by atoms with Crippen molar-refractivity contribution < 1.29 is 16.8 Å². The van der Waals surface area contributed by atoms with Gasteiger partial charge >= 0.3 is 0 Å². The molecule has 1 unspecified atom stereocenters. The van der Waals surface area contributed by atoms with Crippen LogP contribution in [-0.4, -0.2) is 59.7 Å². The van der Waals surface area contributed by atoms with Gasteiger partial charge in [-0.2, -0.15) is 0 Å². The molecule has 1 aliphatic rings. The standard InChI is InChI=1S/C14H21N3O4S2/c1-15-14(17-12-7-9-22(18,19)11-12)16-8-10-23(20,21)13-5-3-2-4-6-13/h2-6,12H,7-11H2,1H3,(H2,15,16,17). The van der Waals surface area contributed by atoms with E-state index in [1.54, 1.807) is 37.4 Å². The first-order chi connectivity index (χ1) is 10.8. The van der Waals surface area contributed by atoms with Gasteiger partial charge in [0, 0.05) is 19.6 Å². The summed E-state index contributed by atoms with van der Waals surface area (Å²) in [7, 11) is -4.76. The van der Waals surface area contributed by atoms with Crippen molar-refractivity contribution in [1.82, 2.24) is 10.6 Å². The fourth-order valence-electron chi connectivity index (χ4n) is 2.35. The summed E-state index contributed by atoms with van der Waals surface area (Å²) in [5.74, 6) is 0.594. The molecule has 1 saturated heterocycles. The summed E-state index contributed by atoms with van der Waals surface area (Å²) in [4.78, 5) is 4.28. The molecule has 0 spiro atoms. The predicted octanol–water partition coefficient (Wildman–Crippen LogP) is -0.188. The summed E-state index contributed by atoms with van der Waals surface area (Å²) in [5.41, 5.74) is 0. The molecule has 0 bridgehead atoms. The molecule has 1 atom stereocenters. The molecular weight excluding hydrogens is 338 g/mol. The SMILES string of the molecule is CN=C(NCCS(=O)(=O)c1ccccc1)NC1CCS(=O)(=O)C1. The van der Waals surface area contributed by atoms with Gasteiger partial charge in [0.05, 0.1) is 22.2 Å². The predicted molar refractivity (Wildman–Crippen MR) is 90.1 cm³/mol. The van der Waals surface area contributed by atoms with E-state index in [1.165, 1.54) is 0 Å². The molecular formula is C14H21N3O4S2. The molecule has 1 fully saturated rings. The Kier molecular flexibility index (Phi) is 5.64. The van der Waals surface area contributed by atoms with E-state index in [2.05, 4.69) is 15.6 Å². The van der Waals surface area contributed by atoms with Crippen LogP contribution in [0.2, 0.25) is 0 Å². The van der Waals surface area contributed by atoms with Crippen LogP contribution in [0.15, 0.2) is 40.2 Å². The highest BCUT2D eigenvalue weighted by molar-refractivity contribution is 7.91. The van der Waals surface area contributed by atoms with Crippen LogP contribution in [0.25, 0.3) is 0 Å². The Hall–Kier alpha value is -1.61. The molecule has 9 heteroatoms. The Morgan fingerprint density at radius 1 is 1.30 bits per heavy atom. The summed E-state index contributed by atoms with van der Waals surface area (Å²) in [6.45, 7) is 0.191. The molecule has 0 aromatic heterocycles. The number of rotatable bonds is 5. The van der Waals surface area contributed by atoms with Gasteiger partial charge in [-0.05, 0) is 18.6 Å². The average Bonchev–Trinajstić information content (AvgIpc) is 2.86. The molecule has 2 N–H and O–H groups in total. The molecule has 128 valence electrons. The van der Waals surface area contributed by atoms with Gasteiger partial charge in [0.25, 0.3) is 0 Å². The van der Waals surface area contributed by atoms with Gasteiger partial charge in [-0.25, -0.2) is 16.8 Å². The monoisotopic (exact) mass is 359 g/mol. The van der Waals surface area contributed by atoms with Gasteiger partial charge in [0.1, 0.15) is 0 Å². The number of aliphatic imine (C=N–C) groups is 1. The Morgan fingerprint density at radius 2 is 2.00 bits per heavy atom. The minimum atomic E-state index is -3.35. The van der Waals surface area contributed by atoms with Crippen LogP contribution in [-0.2, 0) is 19.7 Å². The average molecular weight is 359 g/mol. The lowest BCUT2D eigenvalue weighted by Gasteiger charge is -2.16. The maximum absolute atomic E-state index is 12.2. The lowest BCUT2D eigenvalue weighted by Crippen LogP contribution is -2.45. The van der Waals surface area contributed by atoms with E-state index in [9.17, 15) is 16.8 Å². The molecule has 23 heavy (non-hydrogen) atoms. The second-order valence-corrected chi connectivity index (χ2v) is 9.71. The highest BCUT2D eigenvalue weighted by Gasteiger charge is 2.28. The molecule has 0 aliphatic carbocycles. The minimum absolute atomic E-state index is 0.0688. The quantitative estimate of drug-likeness (QED) is 0.558. The fraction of sp³-hybridized carbons (Fsp3) is 0.500. The zero-order valence-corrected chi connectivity index (χ0v) is 14.5. The van der Waals surface area contributed by atoms with Crippen molar-refractivity contribution in [3.8, 4) is 0 Å². The van der Waals surface area contributed by atoms with Crippen molar-refractivity contribution in [2.75, 3.05) is 30.9 Å². The van der Waals surface area contributed by atoms with Crippen molar-refractivity contribution in [2.45, 2.75) is 17.4 Å². The molecule has 7 nitrogen and oxygen atoms in total. The molecule has 1 heterocycles. The second kappa shape index (κ2) is 7.31. The van der Waals surface area contributed by atoms with Crippen LogP contribution in [0, 0.1) is 0 Å². The fourth-order valence-corrected chi connectivity index (χ4v) is 5.20. The third-order valence-corrected chi connectivity index (χ3v) is 7.06. The van der Waals surface area contributed by atoms with E-state index in [4.69, 9.17) is 0 Å². The Labute approximate surface area is 137 Å². The van der Waals surface area contributed by atoms with E-state index in [1.807, 2.05) is 0 Å². The lowest BCUT2D eigenvalue weighted by molar-refractivity contribution is 0.594. The first-order valence-electron chi connectivity index (χ1n) is 7.28. The van der Waals surface area contributed by atoms with Crippen LogP contribution in [0.5, 0.6) is 0 Å². The highest BCUT2D eigenvalue weighted by atomic mass is 32.2. The number of hydrogen-bond donors (Lipinski definition) is 2. The first-order valence-corrected chi connectivity index (χ1v) is 10.8.